The third-order valence-corrected chi connectivity index (χ3v) is 4.65. The molecule has 24 heavy (non-hydrogen) atoms. The summed E-state index contributed by atoms with van der Waals surface area (Å²) in [5.41, 5.74) is 2.64. The van der Waals surface area contributed by atoms with E-state index in [0.717, 1.165) is 28.2 Å². The van der Waals surface area contributed by atoms with Crippen molar-refractivity contribution in [3.63, 3.8) is 0 Å². The van der Waals surface area contributed by atoms with Crippen LogP contribution in [0, 0.1) is 0 Å². The van der Waals surface area contributed by atoms with Crippen LogP contribution < -0.4 is 0 Å². The number of ether oxygens (including phenoxy) is 1. The minimum Gasteiger partial charge on any atom is -0.380 e. The average Bonchev–Trinajstić information content (AvgIpc) is 3.34. The van der Waals surface area contributed by atoms with Crippen molar-refractivity contribution in [2.75, 3.05) is 13.2 Å². The fourth-order valence-corrected chi connectivity index (χ4v) is 3.42. The van der Waals surface area contributed by atoms with Gasteiger partial charge in [-0.2, -0.15) is 20.5 Å². The fraction of sp³-hybridized carbons (Fsp3) is 0.529. The maximum Gasteiger partial charge on any atom is 0.160 e. The van der Waals surface area contributed by atoms with E-state index in [9.17, 15) is 0 Å². The molecule has 7 heteroatoms. The van der Waals surface area contributed by atoms with E-state index < -0.39 is 0 Å². The second-order valence-corrected chi connectivity index (χ2v) is 6.19. The van der Waals surface area contributed by atoms with Crippen molar-refractivity contribution in [3.8, 4) is 11.4 Å². The van der Waals surface area contributed by atoms with Crippen LogP contribution in [-0.2, 0) is 11.3 Å². The summed E-state index contributed by atoms with van der Waals surface area (Å²) in [5.74, 6) is 2.30. The van der Waals surface area contributed by atoms with Crippen molar-refractivity contribution in [2.45, 2.75) is 45.1 Å². The monoisotopic (exact) mass is 326 g/mol. The first-order chi connectivity index (χ1) is 11.9. The third-order valence-electron chi connectivity index (χ3n) is 4.65. The average molecular weight is 326 g/mol. The minimum absolute atomic E-state index is 0.480. The second kappa shape index (κ2) is 6.68. The molecule has 0 saturated heterocycles. The van der Waals surface area contributed by atoms with E-state index in [-0.39, 0.29) is 0 Å². The number of benzene rings is 1. The van der Waals surface area contributed by atoms with Crippen molar-refractivity contribution < 1.29 is 4.74 Å². The van der Waals surface area contributed by atoms with E-state index in [2.05, 4.69) is 15.4 Å². The summed E-state index contributed by atoms with van der Waals surface area (Å²) in [7, 11) is 0. The molecule has 0 aliphatic heterocycles. The fourth-order valence-electron chi connectivity index (χ4n) is 3.42. The Balaban J connectivity index is 1.75. The molecule has 7 nitrogen and oxygen atoms in total. The quantitative estimate of drug-likeness (QED) is 0.704. The Morgan fingerprint density at radius 1 is 1.25 bits per heavy atom. The van der Waals surface area contributed by atoms with E-state index >= 15 is 0 Å². The molecule has 0 atom stereocenters. The molecule has 0 unspecified atom stereocenters. The van der Waals surface area contributed by atoms with Crippen LogP contribution in [0.1, 0.15) is 44.3 Å². The SMILES string of the molecule is CCOCCn1nc(C2CCCC2)nc1-c1cccc2n[nH]nc12. The summed E-state index contributed by atoms with van der Waals surface area (Å²) in [4.78, 5) is 4.89. The number of aromatic amines is 1. The van der Waals surface area contributed by atoms with Crippen molar-refractivity contribution in [1.82, 2.24) is 30.2 Å². The highest BCUT2D eigenvalue weighted by Crippen LogP contribution is 2.34. The Labute approximate surface area is 140 Å². The van der Waals surface area contributed by atoms with Crippen LogP contribution in [0.2, 0.25) is 0 Å². The molecule has 0 radical (unpaired) electrons. The highest BCUT2D eigenvalue weighted by atomic mass is 16.5. The third kappa shape index (κ3) is 2.80. The Morgan fingerprint density at radius 3 is 2.96 bits per heavy atom. The minimum atomic E-state index is 0.480. The lowest BCUT2D eigenvalue weighted by Crippen LogP contribution is -2.09. The maximum atomic E-state index is 5.51. The second-order valence-electron chi connectivity index (χ2n) is 6.19. The van der Waals surface area contributed by atoms with Gasteiger partial charge in [0, 0.05) is 18.1 Å². The molecule has 1 N–H and O–H groups in total. The van der Waals surface area contributed by atoms with Crippen LogP contribution in [0.25, 0.3) is 22.4 Å². The van der Waals surface area contributed by atoms with Gasteiger partial charge in [-0.3, -0.25) is 0 Å². The van der Waals surface area contributed by atoms with Crippen LogP contribution in [0.4, 0.5) is 0 Å². The molecule has 1 aliphatic rings. The van der Waals surface area contributed by atoms with Crippen molar-refractivity contribution >= 4 is 11.0 Å². The number of nitrogens with zero attached hydrogens (tertiary/aromatic N) is 5. The number of nitrogens with one attached hydrogen (secondary N) is 1. The zero-order chi connectivity index (χ0) is 16.4. The Morgan fingerprint density at radius 2 is 2.12 bits per heavy atom. The van der Waals surface area contributed by atoms with Gasteiger partial charge in [-0.1, -0.05) is 18.9 Å². The van der Waals surface area contributed by atoms with E-state index in [4.69, 9.17) is 14.8 Å². The lowest BCUT2D eigenvalue weighted by molar-refractivity contribution is 0.136. The first-order valence-electron chi connectivity index (χ1n) is 8.69. The molecule has 1 fully saturated rings. The Bertz CT molecular complexity index is 817. The first-order valence-corrected chi connectivity index (χ1v) is 8.69. The number of rotatable bonds is 6. The summed E-state index contributed by atoms with van der Waals surface area (Å²) in [5, 5.41) is 16.0. The van der Waals surface area contributed by atoms with E-state index in [1.54, 1.807) is 0 Å². The molecule has 1 saturated carbocycles. The van der Waals surface area contributed by atoms with Gasteiger partial charge >= 0.3 is 0 Å². The lowest BCUT2D eigenvalue weighted by atomic mass is 10.1. The van der Waals surface area contributed by atoms with Gasteiger partial charge < -0.3 is 4.74 Å². The molecular formula is C17H22N6O. The molecule has 4 rings (SSSR count). The van der Waals surface area contributed by atoms with Gasteiger partial charge in [0.2, 0.25) is 0 Å². The number of para-hydroxylation sites is 1. The summed E-state index contributed by atoms with van der Waals surface area (Å²) in [6.45, 7) is 4.03. The largest absolute Gasteiger partial charge is 0.380 e. The summed E-state index contributed by atoms with van der Waals surface area (Å²) in [6.07, 6.45) is 4.91. The molecule has 2 aromatic heterocycles. The van der Waals surface area contributed by atoms with Gasteiger partial charge in [0.15, 0.2) is 11.6 Å². The van der Waals surface area contributed by atoms with Crippen molar-refractivity contribution in [3.05, 3.63) is 24.0 Å². The van der Waals surface area contributed by atoms with Crippen LogP contribution in [0.3, 0.4) is 0 Å². The topological polar surface area (TPSA) is 81.5 Å². The van der Waals surface area contributed by atoms with Crippen LogP contribution in [0.15, 0.2) is 18.2 Å². The molecule has 1 aliphatic carbocycles. The predicted octanol–water partition coefficient (Wildman–Crippen LogP) is 2.91. The molecule has 1 aromatic carbocycles. The molecule has 3 aromatic rings. The summed E-state index contributed by atoms with van der Waals surface area (Å²) in [6, 6.07) is 5.96. The lowest BCUT2D eigenvalue weighted by Gasteiger charge is -2.06. The Kier molecular flexibility index (Phi) is 4.25. The van der Waals surface area contributed by atoms with Gasteiger partial charge in [0.1, 0.15) is 11.0 Å². The zero-order valence-corrected chi connectivity index (χ0v) is 13.9. The molecule has 0 bridgehead atoms. The van der Waals surface area contributed by atoms with Gasteiger partial charge in [-0.25, -0.2) is 9.67 Å². The highest BCUT2D eigenvalue weighted by Gasteiger charge is 2.24. The van der Waals surface area contributed by atoms with Crippen molar-refractivity contribution in [2.24, 2.45) is 0 Å². The van der Waals surface area contributed by atoms with Crippen molar-refractivity contribution in [1.29, 1.82) is 0 Å². The maximum absolute atomic E-state index is 5.51. The standard InChI is InChI=1S/C17H22N6O/c1-2-24-11-10-23-17(18-16(21-23)12-6-3-4-7-12)13-8-5-9-14-15(13)20-22-19-14/h5,8-9,12H,2-4,6-7,10-11H2,1H3,(H,19,20,22). The Hall–Kier alpha value is -2.28. The van der Waals surface area contributed by atoms with Crippen LogP contribution >= 0.6 is 0 Å². The number of hydrogen-bond donors (Lipinski definition) is 1. The molecule has 0 amide bonds. The normalized spacial score (nSPS) is 15.5. The predicted molar refractivity (Wildman–Crippen MR) is 90.6 cm³/mol. The molecule has 126 valence electrons. The van der Waals surface area contributed by atoms with Gasteiger partial charge in [0.05, 0.1) is 13.2 Å². The highest BCUT2D eigenvalue weighted by molar-refractivity contribution is 5.89. The van der Waals surface area contributed by atoms with E-state index in [1.807, 2.05) is 29.8 Å². The number of H-pyrrole nitrogens is 1. The first kappa shape index (κ1) is 15.3. The molecule has 2 heterocycles. The molecule has 0 spiro atoms. The van der Waals surface area contributed by atoms with Gasteiger partial charge in [-0.15, -0.1) is 0 Å². The molecular weight excluding hydrogens is 304 g/mol. The number of fused-ring (bicyclic) bond motifs is 1. The summed E-state index contributed by atoms with van der Waals surface area (Å²) < 4.78 is 7.48. The van der Waals surface area contributed by atoms with E-state index in [0.29, 0.717) is 25.7 Å². The van der Waals surface area contributed by atoms with Gasteiger partial charge in [-0.05, 0) is 31.9 Å². The van der Waals surface area contributed by atoms with Gasteiger partial charge in [0.25, 0.3) is 0 Å². The zero-order valence-electron chi connectivity index (χ0n) is 13.9. The van der Waals surface area contributed by atoms with E-state index in [1.165, 1.54) is 25.7 Å². The van der Waals surface area contributed by atoms with Crippen LogP contribution in [0.5, 0.6) is 0 Å². The number of aromatic nitrogens is 6. The van der Waals surface area contributed by atoms with Crippen LogP contribution in [-0.4, -0.2) is 43.4 Å². The smallest absolute Gasteiger partial charge is 0.160 e. The number of hydrogen-bond acceptors (Lipinski definition) is 5. The summed E-state index contributed by atoms with van der Waals surface area (Å²) >= 11 is 0.